The Hall–Kier alpha value is -0.900. The summed E-state index contributed by atoms with van der Waals surface area (Å²) in [6, 6.07) is 6.35. The van der Waals surface area contributed by atoms with Gasteiger partial charge >= 0.3 is 0 Å². The van der Waals surface area contributed by atoms with E-state index in [2.05, 4.69) is 58.3 Å². The molecule has 0 bridgehead atoms. The summed E-state index contributed by atoms with van der Waals surface area (Å²) in [5, 5.41) is 10.0. The smallest absolute Gasteiger partial charge is 0.147 e. The fourth-order valence-corrected chi connectivity index (χ4v) is 1.93. The number of halogens is 1. The molecule has 1 aromatic rings. The fourth-order valence-electron chi connectivity index (χ4n) is 1.58. The Balaban J connectivity index is 2.29. The van der Waals surface area contributed by atoms with E-state index in [1.807, 2.05) is 5.01 Å². The Morgan fingerprint density at radius 1 is 1.43 bits per heavy atom. The number of alkyl halides is 1. The summed E-state index contributed by atoms with van der Waals surface area (Å²) < 4.78 is 0. The summed E-state index contributed by atoms with van der Waals surface area (Å²) in [6.45, 7) is 5.00. The van der Waals surface area contributed by atoms with Gasteiger partial charge < -0.3 is 0 Å². The minimum Gasteiger partial charge on any atom is -0.244 e. The summed E-state index contributed by atoms with van der Waals surface area (Å²) in [5.41, 5.74) is 3.66. The molecule has 74 valence electrons. The molecule has 1 aliphatic heterocycles. The molecular weight excluding hydrogens is 242 g/mol. The normalized spacial score (nSPS) is 20.5. The van der Waals surface area contributed by atoms with Crippen LogP contribution in [0.15, 0.2) is 28.5 Å². The zero-order valence-corrected chi connectivity index (χ0v) is 9.82. The van der Waals surface area contributed by atoms with E-state index in [4.69, 9.17) is 0 Å². The van der Waals surface area contributed by atoms with Gasteiger partial charge in [0.2, 0.25) is 0 Å². The van der Waals surface area contributed by atoms with Crippen LogP contribution < -0.4 is 5.01 Å². The molecule has 0 saturated carbocycles. The minimum absolute atomic E-state index is 0.128. The summed E-state index contributed by atoms with van der Waals surface area (Å²) in [6.07, 6.45) is 0. The molecule has 14 heavy (non-hydrogen) atoms. The van der Waals surface area contributed by atoms with Gasteiger partial charge in [-0.15, -0.1) is 0 Å². The van der Waals surface area contributed by atoms with Crippen LogP contribution in [0.4, 0.5) is 5.69 Å². The standard InChI is InChI=1S/C10H12BrN3/c1-7-3-4-9(8(2)5-7)14-6-10(11)12-13-14/h3-5,10H,6H2,1-2H3. The lowest BCUT2D eigenvalue weighted by Gasteiger charge is -2.15. The number of rotatable bonds is 1. The van der Waals surface area contributed by atoms with Crippen LogP contribution in [0.2, 0.25) is 0 Å². The molecule has 0 aromatic heterocycles. The van der Waals surface area contributed by atoms with Gasteiger partial charge in [0.05, 0.1) is 12.2 Å². The second-order valence-corrected chi connectivity index (χ2v) is 4.57. The van der Waals surface area contributed by atoms with E-state index in [1.54, 1.807) is 0 Å². The molecule has 1 atom stereocenters. The number of hydrogen-bond donors (Lipinski definition) is 0. The molecule has 0 radical (unpaired) electrons. The van der Waals surface area contributed by atoms with E-state index in [0.29, 0.717) is 0 Å². The third-order valence-corrected chi connectivity index (χ3v) is 2.71. The van der Waals surface area contributed by atoms with Crippen LogP contribution in [0.3, 0.4) is 0 Å². The van der Waals surface area contributed by atoms with E-state index in [1.165, 1.54) is 11.1 Å². The molecule has 0 saturated heterocycles. The van der Waals surface area contributed by atoms with Gasteiger partial charge in [-0.1, -0.05) is 38.8 Å². The Labute approximate surface area is 91.9 Å². The Morgan fingerprint density at radius 3 is 2.79 bits per heavy atom. The second-order valence-electron chi connectivity index (χ2n) is 3.51. The van der Waals surface area contributed by atoms with Gasteiger partial charge in [-0.05, 0) is 25.5 Å². The highest BCUT2D eigenvalue weighted by Gasteiger charge is 2.18. The molecule has 2 rings (SSSR count). The number of aryl methyl sites for hydroxylation is 2. The van der Waals surface area contributed by atoms with Crippen LogP contribution in [0.5, 0.6) is 0 Å². The van der Waals surface area contributed by atoms with Crippen molar-refractivity contribution in [1.29, 1.82) is 0 Å². The molecule has 4 heteroatoms. The van der Waals surface area contributed by atoms with E-state index >= 15 is 0 Å². The second kappa shape index (κ2) is 3.69. The Bertz CT molecular complexity index is 376. The van der Waals surface area contributed by atoms with E-state index in [-0.39, 0.29) is 4.95 Å². The highest BCUT2D eigenvalue weighted by molar-refractivity contribution is 9.09. The van der Waals surface area contributed by atoms with Crippen LogP contribution >= 0.6 is 15.9 Å². The van der Waals surface area contributed by atoms with Crippen molar-refractivity contribution in [3.8, 4) is 0 Å². The molecule has 0 aliphatic carbocycles. The molecule has 0 fully saturated rings. The van der Waals surface area contributed by atoms with Gasteiger partial charge in [-0.2, -0.15) is 5.11 Å². The van der Waals surface area contributed by atoms with Gasteiger partial charge in [0.1, 0.15) is 4.95 Å². The number of anilines is 1. The molecule has 0 N–H and O–H groups in total. The monoisotopic (exact) mass is 253 g/mol. The van der Waals surface area contributed by atoms with Crippen molar-refractivity contribution >= 4 is 21.6 Å². The zero-order valence-electron chi connectivity index (χ0n) is 8.24. The maximum Gasteiger partial charge on any atom is 0.147 e. The number of hydrogen-bond acceptors (Lipinski definition) is 3. The van der Waals surface area contributed by atoms with Crippen molar-refractivity contribution in [1.82, 2.24) is 0 Å². The van der Waals surface area contributed by atoms with Crippen molar-refractivity contribution in [3.63, 3.8) is 0 Å². The van der Waals surface area contributed by atoms with Gasteiger partial charge in [-0.3, -0.25) is 0 Å². The molecule has 0 spiro atoms. The van der Waals surface area contributed by atoms with Crippen molar-refractivity contribution in [2.75, 3.05) is 11.6 Å². The average Bonchev–Trinajstić information content (AvgIpc) is 2.51. The van der Waals surface area contributed by atoms with E-state index in [0.717, 1.165) is 12.2 Å². The fraction of sp³-hybridized carbons (Fsp3) is 0.400. The molecule has 1 heterocycles. The quantitative estimate of drug-likeness (QED) is 0.558. The maximum absolute atomic E-state index is 4.09. The molecular formula is C10H12BrN3. The predicted molar refractivity (Wildman–Crippen MR) is 60.8 cm³/mol. The lowest BCUT2D eigenvalue weighted by Crippen LogP contribution is -2.17. The SMILES string of the molecule is Cc1ccc(N2CC(Br)N=N2)c(C)c1. The van der Waals surface area contributed by atoms with Crippen molar-refractivity contribution in [2.24, 2.45) is 10.3 Å². The molecule has 1 aromatic carbocycles. The first-order valence-electron chi connectivity index (χ1n) is 4.56. The van der Waals surface area contributed by atoms with Crippen LogP contribution in [-0.4, -0.2) is 11.5 Å². The lowest BCUT2D eigenvalue weighted by atomic mass is 10.1. The van der Waals surface area contributed by atoms with Gasteiger partial charge in [0, 0.05) is 0 Å². The van der Waals surface area contributed by atoms with E-state index in [9.17, 15) is 0 Å². The third kappa shape index (κ3) is 1.80. The lowest BCUT2D eigenvalue weighted by molar-refractivity contribution is 0.925. The zero-order chi connectivity index (χ0) is 10.1. The molecule has 3 nitrogen and oxygen atoms in total. The average molecular weight is 254 g/mol. The predicted octanol–water partition coefficient (Wildman–Crippen LogP) is 3.21. The van der Waals surface area contributed by atoms with Crippen LogP contribution in [0, 0.1) is 13.8 Å². The Kier molecular flexibility index (Phi) is 2.54. The summed E-state index contributed by atoms with van der Waals surface area (Å²) >= 11 is 3.41. The maximum atomic E-state index is 4.09. The summed E-state index contributed by atoms with van der Waals surface area (Å²) in [5.74, 6) is 0. The Morgan fingerprint density at radius 2 is 2.21 bits per heavy atom. The highest BCUT2D eigenvalue weighted by Crippen LogP contribution is 2.26. The summed E-state index contributed by atoms with van der Waals surface area (Å²) in [4.78, 5) is 0.128. The van der Waals surface area contributed by atoms with Crippen molar-refractivity contribution in [3.05, 3.63) is 29.3 Å². The van der Waals surface area contributed by atoms with Crippen molar-refractivity contribution in [2.45, 2.75) is 18.8 Å². The summed E-state index contributed by atoms with van der Waals surface area (Å²) in [7, 11) is 0. The molecule has 0 amide bonds. The topological polar surface area (TPSA) is 28.0 Å². The third-order valence-electron chi connectivity index (χ3n) is 2.24. The first-order valence-corrected chi connectivity index (χ1v) is 5.48. The van der Waals surface area contributed by atoms with Crippen LogP contribution in [0.25, 0.3) is 0 Å². The molecule has 1 aliphatic rings. The van der Waals surface area contributed by atoms with Gasteiger partial charge in [-0.25, -0.2) is 5.01 Å². The largest absolute Gasteiger partial charge is 0.244 e. The van der Waals surface area contributed by atoms with Crippen LogP contribution in [0.1, 0.15) is 11.1 Å². The minimum atomic E-state index is 0.128. The van der Waals surface area contributed by atoms with Gasteiger partial charge in [0.15, 0.2) is 0 Å². The first-order chi connectivity index (χ1) is 6.66. The number of benzene rings is 1. The van der Waals surface area contributed by atoms with Crippen molar-refractivity contribution < 1.29 is 0 Å². The molecule has 1 unspecified atom stereocenters. The van der Waals surface area contributed by atoms with Crippen LogP contribution in [-0.2, 0) is 0 Å². The highest BCUT2D eigenvalue weighted by atomic mass is 79.9. The first kappa shape index (κ1) is 9.65. The van der Waals surface area contributed by atoms with E-state index < -0.39 is 0 Å². The number of nitrogens with zero attached hydrogens (tertiary/aromatic N) is 3. The van der Waals surface area contributed by atoms with Gasteiger partial charge in [0.25, 0.3) is 0 Å².